The molecule has 1 aliphatic carbocycles. The molecule has 1 aliphatic rings. The van der Waals surface area contributed by atoms with Crippen LogP contribution in [-0.2, 0) is 12.8 Å². The highest BCUT2D eigenvalue weighted by molar-refractivity contribution is 7.12. The van der Waals surface area contributed by atoms with Crippen molar-refractivity contribution in [2.24, 2.45) is 11.3 Å². The van der Waals surface area contributed by atoms with Gasteiger partial charge in [0.1, 0.15) is 6.20 Å². The molecular formula is C22H25N2S. The molecule has 3 heteroatoms. The van der Waals surface area contributed by atoms with Crippen LogP contribution in [0.2, 0.25) is 0 Å². The average molecular weight is 350 g/mol. The maximum absolute atomic E-state index is 4.49. The fraction of sp³-hybridized carbons (Fsp3) is 0.409. The van der Waals surface area contributed by atoms with Gasteiger partial charge in [0.15, 0.2) is 5.13 Å². The molecule has 0 N–H and O–H groups in total. The van der Waals surface area contributed by atoms with E-state index < -0.39 is 0 Å². The van der Waals surface area contributed by atoms with Crippen molar-refractivity contribution in [3.05, 3.63) is 59.2 Å². The molecule has 2 aromatic heterocycles. The molecule has 1 atom stereocenters. The molecule has 25 heavy (non-hydrogen) atoms. The van der Waals surface area contributed by atoms with Crippen molar-refractivity contribution in [1.82, 2.24) is 9.55 Å². The summed E-state index contributed by atoms with van der Waals surface area (Å²) in [5.74, 6) is 0.757. The molecule has 0 spiro atoms. The lowest BCUT2D eigenvalue weighted by Crippen LogP contribution is -2.29. The van der Waals surface area contributed by atoms with E-state index in [9.17, 15) is 0 Å². The predicted octanol–water partition coefficient (Wildman–Crippen LogP) is 5.94. The predicted molar refractivity (Wildman–Crippen MR) is 105 cm³/mol. The molecule has 0 saturated heterocycles. The maximum atomic E-state index is 4.49. The quantitative estimate of drug-likeness (QED) is 0.570. The van der Waals surface area contributed by atoms with Gasteiger partial charge in [0, 0.05) is 11.1 Å². The smallest absolute Gasteiger partial charge is 0.194 e. The number of hydrogen-bond acceptors (Lipinski definition) is 2. The molecule has 0 amide bonds. The van der Waals surface area contributed by atoms with Crippen molar-refractivity contribution in [3.63, 3.8) is 0 Å². The van der Waals surface area contributed by atoms with E-state index in [4.69, 9.17) is 0 Å². The minimum absolute atomic E-state index is 0.404. The van der Waals surface area contributed by atoms with Crippen LogP contribution in [0.4, 0.5) is 0 Å². The third-order valence-corrected chi connectivity index (χ3v) is 6.75. The zero-order valence-corrected chi connectivity index (χ0v) is 16.1. The highest BCUT2D eigenvalue weighted by Gasteiger charge is 2.33. The lowest BCUT2D eigenvalue weighted by molar-refractivity contribution is 0.182. The van der Waals surface area contributed by atoms with Crippen molar-refractivity contribution in [3.8, 4) is 16.4 Å². The summed E-state index contributed by atoms with van der Waals surface area (Å²) < 4.78 is 2.38. The average Bonchev–Trinajstić information content (AvgIpc) is 3.28. The van der Waals surface area contributed by atoms with E-state index in [1.807, 2.05) is 5.38 Å². The second-order valence-electron chi connectivity index (χ2n) is 7.74. The number of aromatic nitrogens is 2. The number of fused-ring (bicyclic) bond motifs is 1. The van der Waals surface area contributed by atoms with Crippen LogP contribution >= 0.6 is 11.3 Å². The first kappa shape index (κ1) is 16.6. The lowest BCUT2D eigenvalue weighted by Gasteiger charge is -2.36. The molecule has 1 aromatic carbocycles. The maximum Gasteiger partial charge on any atom is 0.194 e. The molecule has 0 aliphatic heterocycles. The van der Waals surface area contributed by atoms with E-state index in [-0.39, 0.29) is 0 Å². The van der Waals surface area contributed by atoms with E-state index in [0.29, 0.717) is 5.41 Å². The van der Waals surface area contributed by atoms with Crippen LogP contribution in [0.3, 0.4) is 0 Å². The van der Waals surface area contributed by atoms with Crippen LogP contribution in [0.15, 0.2) is 41.8 Å². The molecule has 1 unspecified atom stereocenters. The summed E-state index contributed by atoms with van der Waals surface area (Å²) in [5, 5.41) is 2.98. The van der Waals surface area contributed by atoms with Gasteiger partial charge in [0.05, 0.1) is 5.69 Å². The number of thiazole rings is 1. The first-order chi connectivity index (χ1) is 12.1. The summed E-state index contributed by atoms with van der Waals surface area (Å²) in [6.07, 6.45) is 7.81. The van der Waals surface area contributed by atoms with Crippen LogP contribution in [-0.4, -0.2) is 9.55 Å². The molecule has 2 heterocycles. The third-order valence-electron chi connectivity index (χ3n) is 6.04. The van der Waals surface area contributed by atoms with Gasteiger partial charge in [-0.25, -0.2) is 4.98 Å². The topological polar surface area (TPSA) is 17.8 Å². The van der Waals surface area contributed by atoms with Gasteiger partial charge in [0.25, 0.3) is 0 Å². The van der Waals surface area contributed by atoms with E-state index in [1.54, 1.807) is 11.3 Å². The molecule has 0 fully saturated rings. The van der Waals surface area contributed by atoms with Crippen molar-refractivity contribution in [1.29, 1.82) is 0 Å². The molecule has 0 saturated carbocycles. The number of rotatable bonds is 4. The third kappa shape index (κ3) is 2.95. The Kier molecular flexibility index (Phi) is 4.28. The lowest BCUT2D eigenvalue weighted by atomic mass is 9.69. The van der Waals surface area contributed by atoms with Crippen LogP contribution in [0.1, 0.15) is 44.9 Å². The molecule has 4 rings (SSSR count). The van der Waals surface area contributed by atoms with Crippen molar-refractivity contribution >= 4 is 11.3 Å². The Morgan fingerprint density at radius 2 is 2.08 bits per heavy atom. The standard InChI is InChI=1S/C22H25N2S/c1-4-22(2,3)18-10-11-19-17(14-18)15-20(16-8-6-5-7-9-16)24(19)21-23-12-13-25-21/h5-9,13,15,18H,4,10-11,14H2,1-3H3. The van der Waals surface area contributed by atoms with Crippen molar-refractivity contribution in [2.45, 2.75) is 46.5 Å². The monoisotopic (exact) mass is 349 g/mol. The second-order valence-corrected chi connectivity index (χ2v) is 8.58. The Labute approximate surface area is 154 Å². The summed E-state index contributed by atoms with van der Waals surface area (Å²) >= 11 is 1.67. The van der Waals surface area contributed by atoms with E-state index in [1.165, 1.54) is 41.8 Å². The van der Waals surface area contributed by atoms with Crippen molar-refractivity contribution in [2.75, 3.05) is 0 Å². The van der Waals surface area contributed by atoms with E-state index >= 15 is 0 Å². The largest absolute Gasteiger partial charge is 0.289 e. The van der Waals surface area contributed by atoms with Gasteiger partial charge in [-0.2, -0.15) is 0 Å². The van der Waals surface area contributed by atoms with Gasteiger partial charge in [-0.05, 0) is 47.8 Å². The summed E-state index contributed by atoms with van der Waals surface area (Å²) in [4.78, 5) is 4.49. The van der Waals surface area contributed by atoms with Crippen LogP contribution in [0.5, 0.6) is 0 Å². The highest BCUT2D eigenvalue weighted by Crippen LogP contribution is 2.42. The first-order valence-electron chi connectivity index (χ1n) is 9.21. The van der Waals surface area contributed by atoms with Gasteiger partial charge >= 0.3 is 0 Å². The zero-order chi connectivity index (χ0) is 17.4. The fourth-order valence-corrected chi connectivity index (χ4v) is 4.64. The summed E-state index contributed by atoms with van der Waals surface area (Å²) in [6.45, 7) is 7.17. The van der Waals surface area contributed by atoms with Crippen LogP contribution in [0, 0.1) is 17.5 Å². The Morgan fingerprint density at radius 3 is 2.76 bits per heavy atom. The van der Waals surface area contributed by atoms with Crippen LogP contribution < -0.4 is 0 Å². The van der Waals surface area contributed by atoms with Gasteiger partial charge < -0.3 is 0 Å². The van der Waals surface area contributed by atoms with Crippen LogP contribution in [0.25, 0.3) is 16.4 Å². The normalized spacial score (nSPS) is 17.5. The SMILES string of the molecule is CCC(C)(C)C1CCc2c(cc(-c3ccccc3)n2-c2n[c]cs2)C1. The van der Waals surface area contributed by atoms with Gasteiger partial charge in [-0.15, -0.1) is 11.3 Å². The molecule has 0 bridgehead atoms. The number of hydrogen-bond donors (Lipinski definition) is 0. The first-order valence-corrected chi connectivity index (χ1v) is 10.1. The highest BCUT2D eigenvalue weighted by atomic mass is 32.1. The van der Waals surface area contributed by atoms with Crippen molar-refractivity contribution < 1.29 is 0 Å². The number of benzene rings is 1. The van der Waals surface area contributed by atoms with Gasteiger partial charge in [-0.1, -0.05) is 57.5 Å². The summed E-state index contributed by atoms with van der Waals surface area (Å²) in [6, 6.07) is 13.1. The van der Waals surface area contributed by atoms with Gasteiger partial charge in [-0.3, -0.25) is 4.57 Å². The Morgan fingerprint density at radius 1 is 1.28 bits per heavy atom. The van der Waals surface area contributed by atoms with E-state index in [2.05, 4.69) is 72.9 Å². The summed E-state index contributed by atoms with van der Waals surface area (Å²) in [7, 11) is 0. The molecular weight excluding hydrogens is 324 g/mol. The molecule has 1 radical (unpaired) electrons. The molecule has 129 valence electrons. The number of nitrogens with zero attached hydrogens (tertiary/aromatic N) is 2. The minimum Gasteiger partial charge on any atom is -0.289 e. The Balaban J connectivity index is 1.82. The molecule has 3 aromatic rings. The Bertz CT molecular complexity index is 844. The summed E-state index contributed by atoms with van der Waals surface area (Å²) in [5.41, 5.74) is 5.89. The van der Waals surface area contributed by atoms with Gasteiger partial charge in [0.2, 0.25) is 0 Å². The minimum atomic E-state index is 0.404. The molecule has 2 nitrogen and oxygen atoms in total. The second kappa shape index (κ2) is 6.45. The zero-order valence-electron chi connectivity index (χ0n) is 15.2. The van der Waals surface area contributed by atoms with E-state index in [0.717, 1.165) is 17.5 Å². The fourth-order valence-electron chi connectivity index (χ4n) is 4.01. The Hall–Kier alpha value is -1.87.